The third kappa shape index (κ3) is 3.81. The summed E-state index contributed by atoms with van der Waals surface area (Å²) in [6, 6.07) is 8.57. The van der Waals surface area contributed by atoms with Gasteiger partial charge in [0, 0.05) is 6.54 Å². The van der Waals surface area contributed by atoms with E-state index in [1.807, 2.05) is 0 Å². The van der Waals surface area contributed by atoms with E-state index in [0.29, 0.717) is 0 Å². The van der Waals surface area contributed by atoms with Gasteiger partial charge in [-0.05, 0) is 44.3 Å². The fourth-order valence-electron chi connectivity index (χ4n) is 2.69. The van der Waals surface area contributed by atoms with E-state index in [2.05, 4.69) is 40.8 Å². The van der Waals surface area contributed by atoms with E-state index in [9.17, 15) is 9.90 Å². The number of carbonyl (C=O) groups is 1. The lowest BCUT2D eigenvalue weighted by atomic mass is 9.91. The van der Waals surface area contributed by atoms with Crippen LogP contribution in [0, 0.1) is 12.8 Å². The quantitative estimate of drug-likeness (QED) is 0.852. The first-order valence-electron chi connectivity index (χ1n) is 7.14. The molecule has 0 aliphatic carbocycles. The van der Waals surface area contributed by atoms with Crippen molar-refractivity contribution < 1.29 is 14.6 Å². The number of methoxy groups -OCH3 is 1. The molecule has 0 spiro atoms. The molecule has 1 aliphatic rings. The minimum atomic E-state index is -0.971. The third-order valence-corrected chi connectivity index (χ3v) is 4.05. The van der Waals surface area contributed by atoms with E-state index < -0.39 is 12.1 Å². The number of rotatable bonds is 4. The Labute approximate surface area is 120 Å². The Morgan fingerprint density at radius 1 is 1.35 bits per heavy atom. The largest absolute Gasteiger partial charge is 0.467 e. The van der Waals surface area contributed by atoms with Gasteiger partial charge in [0.2, 0.25) is 0 Å². The minimum Gasteiger partial charge on any atom is -0.467 e. The monoisotopic (exact) mass is 277 g/mol. The van der Waals surface area contributed by atoms with Gasteiger partial charge < -0.3 is 9.84 Å². The molecule has 1 atom stereocenters. The first kappa shape index (κ1) is 15.0. The highest BCUT2D eigenvalue weighted by molar-refractivity contribution is 5.74. The van der Waals surface area contributed by atoms with Crippen molar-refractivity contribution in [3.05, 3.63) is 35.4 Å². The van der Waals surface area contributed by atoms with Crippen molar-refractivity contribution in [2.24, 2.45) is 5.92 Å². The molecule has 0 bridgehead atoms. The number of carbonyl (C=O) groups excluding carboxylic acids is 1. The van der Waals surface area contributed by atoms with E-state index >= 15 is 0 Å². The second kappa shape index (κ2) is 6.86. The Bertz CT molecular complexity index is 436. The van der Waals surface area contributed by atoms with Crippen molar-refractivity contribution in [1.82, 2.24) is 4.90 Å². The Balaban J connectivity index is 1.82. The zero-order valence-electron chi connectivity index (χ0n) is 12.2. The summed E-state index contributed by atoms with van der Waals surface area (Å²) >= 11 is 0. The summed E-state index contributed by atoms with van der Waals surface area (Å²) in [5, 5.41) is 9.86. The van der Waals surface area contributed by atoms with Gasteiger partial charge in [0.1, 0.15) is 0 Å². The van der Waals surface area contributed by atoms with Gasteiger partial charge in [-0.3, -0.25) is 4.90 Å². The average molecular weight is 277 g/mol. The number of nitrogens with zero attached hydrogens (tertiary/aromatic N) is 1. The summed E-state index contributed by atoms with van der Waals surface area (Å²) < 4.78 is 4.60. The van der Waals surface area contributed by atoms with Crippen molar-refractivity contribution in [2.45, 2.75) is 32.4 Å². The molecule has 0 radical (unpaired) electrons. The maximum Gasteiger partial charge on any atom is 0.334 e. The number of likely N-dealkylation sites (tertiary alicyclic amines) is 1. The summed E-state index contributed by atoms with van der Waals surface area (Å²) in [6.07, 6.45) is 0.700. The first-order valence-corrected chi connectivity index (χ1v) is 7.14. The summed E-state index contributed by atoms with van der Waals surface area (Å²) in [4.78, 5) is 13.7. The Hall–Kier alpha value is -1.39. The smallest absolute Gasteiger partial charge is 0.334 e. The molecule has 1 saturated heterocycles. The van der Waals surface area contributed by atoms with Gasteiger partial charge in [0.25, 0.3) is 0 Å². The molecule has 1 aliphatic heterocycles. The molecule has 4 heteroatoms. The zero-order chi connectivity index (χ0) is 14.5. The second-order valence-electron chi connectivity index (χ2n) is 5.57. The molecule has 110 valence electrons. The van der Waals surface area contributed by atoms with Crippen LogP contribution in [0.4, 0.5) is 0 Å². The molecule has 4 nitrogen and oxygen atoms in total. The van der Waals surface area contributed by atoms with Crippen LogP contribution in [0.2, 0.25) is 0 Å². The minimum absolute atomic E-state index is 0.0247. The first-order chi connectivity index (χ1) is 9.60. The van der Waals surface area contributed by atoms with Crippen LogP contribution >= 0.6 is 0 Å². The topological polar surface area (TPSA) is 49.8 Å². The third-order valence-electron chi connectivity index (χ3n) is 4.05. The number of aryl methyl sites for hydroxylation is 1. The maximum atomic E-state index is 11.3. The van der Waals surface area contributed by atoms with E-state index in [1.54, 1.807) is 0 Å². The van der Waals surface area contributed by atoms with Crippen molar-refractivity contribution in [3.8, 4) is 0 Å². The van der Waals surface area contributed by atoms with Gasteiger partial charge in [-0.1, -0.05) is 29.8 Å². The van der Waals surface area contributed by atoms with E-state index in [-0.39, 0.29) is 5.92 Å². The molecule has 1 aromatic rings. The fourth-order valence-corrected chi connectivity index (χ4v) is 2.69. The molecule has 0 unspecified atom stereocenters. The lowest BCUT2D eigenvalue weighted by Gasteiger charge is -2.33. The SMILES string of the molecule is COC(=O)[C@@H](O)C1CCN(Cc2ccc(C)cc2)CC1. The summed E-state index contributed by atoms with van der Waals surface area (Å²) in [5.74, 6) is -0.487. The van der Waals surface area contributed by atoms with Crippen LogP contribution in [0.1, 0.15) is 24.0 Å². The molecule has 2 rings (SSSR count). The highest BCUT2D eigenvalue weighted by atomic mass is 16.5. The molecule has 0 aromatic heterocycles. The summed E-state index contributed by atoms with van der Waals surface area (Å²) in [6.45, 7) is 4.84. The van der Waals surface area contributed by atoms with Gasteiger partial charge in [0.05, 0.1) is 7.11 Å². The van der Waals surface area contributed by atoms with Crippen LogP contribution in [0.15, 0.2) is 24.3 Å². The van der Waals surface area contributed by atoms with Crippen LogP contribution in [0.3, 0.4) is 0 Å². The Morgan fingerprint density at radius 3 is 2.50 bits per heavy atom. The van der Waals surface area contributed by atoms with Gasteiger partial charge >= 0.3 is 5.97 Å². The number of ether oxygens (including phenoxy) is 1. The lowest BCUT2D eigenvalue weighted by Crippen LogP contribution is -2.40. The Morgan fingerprint density at radius 2 is 1.95 bits per heavy atom. The zero-order valence-corrected chi connectivity index (χ0v) is 12.2. The van der Waals surface area contributed by atoms with Crippen LogP contribution in [0.25, 0.3) is 0 Å². The van der Waals surface area contributed by atoms with Gasteiger partial charge in [-0.25, -0.2) is 4.79 Å². The molecule has 20 heavy (non-hydrogen) atoms. The summed E-state index contributed by atoms with van der Waals surface area (Å²) in [5.41, 5.74) is 2.58. The predicted molar refractivity (Wildman–Crippen MR) is 77.2 cm³/mol. The lowest BCUT2D eigenvalue weighted by molar-refractivity contribution is -0.154. The van der Waals surface area contributed by atoms with Crippen molar-refractivity contribution in [3.63, 3.8) is 0 Å². The Kier molecular flexibility index (Phi) is 5.15. The van der Waals surface area contributed by atoms with Gasteiger partial charge in [-0.2, -0.15) is 0 Å². The number of piperidine rings is 1. The highest BCUT2D eigenvalue weighted by Crippen LogP contribution is 2.22. The number of esters is 1. The predicted octanol–water partition coefficient (Wildman–Crippen LogP) is 1.74. The molecular formula is C16H23NO3. The van der Waals surface area contributed by atoms with Crippen molar-refractivity contribution in [2.75, 3.05) is 20.2 Å². The van der Waals surface area contributed by atoms with Crippen LogP contribution in [-0.4, -0.2) is 42.3 Å². The van der Waals surface area contributed by atoms with Crippen LogP contribution in [0.5, 0.6) is 0 Å². The molecule has 1 fully saturated rings. The number of hydrogen-bond acceptors (Lipinski definition) is 4. The molecule has 1 heterocycles. The van der Waals surface area contributed by atoms with E-state index in [1.165, 1.54) is 18.2 Å². The number of aliphatic hydroxyl groups is 1. The maximum absolute atomic E-state index is 11.3. The van der Waals surface area contributed by atoms with Crippen molar-refractivity contribution >= 4 is 5.97 Å². The normalized spacial score (nSPS) is 18.8. The molecule has 1 N–H and O–H groups in total. The number of aliphatic hydroxyl groups excluding tert-OH is 1. The van der Waals surface area contributed by atoms with Gasteiger partial charge in [0.15, 0.2) is 6.10 Å². The summed E-state index contributed by atoms with van der Waals surface area (Å²) in [7, 11) is 1.32. The molecular weight excluding hydrogens is 254 g/mol. The van der Waals surface area contributed by atoms with E-state index in [0.717, 1.165) is 32.5 Å². The van der Waals surface area contributed by atoms with Crippen LogP contribution in [-0.2, 0) is 16.1 Å². The number of benzene rings is 1. The average Bonchev–Trinajstić information content (AvgIpc) is 2.49. The molecule has 1 aromatic carbocycles. The number of hydrogen-bond donors (Lipinski definition) is 1. The highest BCUT2D eigenvalue weighted by Gasteiger charge is 2.30. The second-order valence-corrected chi connectivity index (χ2v) is 5.57. The fraction of sp³-hybridized carbons (Fsp3) is 0.562. The standard InChI is InChI=1S/C16H23NO3/c1-12-3-5-13(6-4-12)11-17-9-7-14(8-10-17)15(18)16(19)20-2/h3-6,14-15,18H,7-11H2,1-2H3/t15-/m0/s1. The van der Waals surface area contributed by atoms with E-state index in [4.69, 9.17) is 0 Å². The van der Waals surface area contributed by atoms with Crippen LogP contribution < -0.4 is 0 Å². The van der Waals surface area contributed by atoms with Crippen molar-refractivity contribution in [1.29, 1.82) is 0 Å². The molecule has 0 saturated carbocycles. The van der Waals surface area contributed by atoms with Gasteiger partial charge in [-0.15, -0.1) is 0 Å². The molecule has 0 amide bonds.